The van der Waals surface area contributed by atoms with Gasteiger partial charge in [0.25, 0.3) is 0 Å². The van der Waals surface area contributed by atoms with Crippen molar-refractivity contribution in [3.8, 4) is 0 Å². The second-order valence-corrected chi connectivity index (χ2v) is 5.08. The molecule has 0 unspecified atom stereocenters. The van der Waals surface area contributed by atoms with Crippen LogP contribution in [0.5, 0.6) is 0 Å². The maximum Gasteiger partial charge on any atom is 0.248 e. The van der Waals surface area contributed by atoms with Gasteiger partial charge >= 0.3 is 0 Å². The fourth-order valence-corrected chi connectivity index (χ4v) is 2.60. The van der Waals surface area contributed by atoms with Gasteiger partial charge in [-0.3, -0.25) is 4.79 Å². The summed E-state index contributed by atoms with van der Waals surface area (Å²) in [6.45, 7) is 3.10. The van der Waals surface area contributed by atoms with Crippen molar-refractivity contribution in [1.29, 1.82) is 0 Å². The number of fused-ring (bicyclic) bond motifs is 1. The van der Waals surface area contributed by atoms with Crippen LogP contribution >= 0.6 is 11.3 Å². The molecule has 18 heavy (non-hydrogen) atoms. The molecule has 0 aliphatic carbocycles. The number of nitrogens with zero attached hydrogens (tertiary/aromatic N) is 2. The zero-order valence-corrected chi connectivity index (χ0v) is 11.4. The van der Waals surface area contributed by atoms with Crippen molar-refractivity contribution >= 4 is 27.5 Å². The number of ether oxygens (including phenoxy) is 1. The molecule has 0 aliphatic rings. The smallest absolute Gasteiger partial charge is 0.248 e. The lowest BCUT2D eigenvalue weighted by molar-refractivity contribution is -0.135. The number of rotatable bonds is 5. The minimum Gasteiger partial charge on any atom is -0.372 e. The third kappa shape index (κ3) is 3.05. The van der Waals surface area contributed by atoms with Gasteiger partial charge in [-0.05, 0) is 19.1 Å². The lowest BCUT2D eigenvalue weighted by Gasteiger charge is -2.15. The van der Waals surface area contributed by atoms with Crippen LogP contribution in [0.2, 0.25) is 0 Å². The van der Waals surface area contributed by atoms with E-state index in [1.54, 1.807) is 23.3 Å². The monoisotopic (exact) mass is 264 g/mol. The molecule has 5 heteroatoms. The van der Waals surface area contributed by atoms with Crippen molar-refractivity contribution in [2.45, 2.75) is 13.5 Å². The van der Waals surface area contributed by atoms with E-state index in [0.717, 1.165) is 15.2 Å². The normalized spacial score (nSPS) is 10.8. The summed E-state index contributed by atoms with van der Waals surface area (Å²) in [5, 5.41) is 0.948. The molecule has 0 aliphatic heterocycles. The van der Waals surface area contributed by atoms with Gasteiger partial charge < -0.3 is 9.64 Å². The van der Waals surface area contributed by atoms with Crippen LogP contribution in [0.25, 0.3) is 10.2 Å². The summed E-state index contributed by atoms with van der Waals surface area (Å²) >= 11 is 1.62. The summed E-state index contributed by atoms with van der Waals surface area (Å²) in [6.07, 6.45) is 0. The predicted molar refractivity (Wildman–Crippen MR) is 72.6 cm³/mol. The summed E-state index contributed by atoms with van der Waals surface area (Å²) in [5.41, 5.74) is 0.989. The van der Waals surface area contributed by atoms with Crippen molar-refractivity contribution in [1.82, 2.24) is 9.88 Å². The number of thiazole rings is 1. The Balaban J connectivity index is 2.02. The van der Waals surface area contributed by atoms with Crippen molar-refractivity contribution in [2.75, 3.05) is 20.3 Å². The molecule has 1 amide bonds. The molecule has 4 nitrogen and oxygen atoms in total. The number of para-hydroxylation sites is 1. The van der Waals surface area contributed by atoms with E-state index in [1.165, 1.54) is 0 Å². The molecule has 1 aromatic heterocycles. The molecule has 96 valence electrons. The second kappa shape index (κ2) is 5.93. The molecule has 0 radical (unpaired) electrons. The number of hydrogen-bond donors (Lipinski definition) is 0. The van der Waals surface area contributed by atoms with Gasteiger partial charge in [0.2, 0.25) is 5.91 Å². The van der Waals surface area contributed by atoms with Crippen LogP contribution in [0.3, 0.4) is 0 Å². The molecule has 2 rings (SSSR count). The molecule has 1 heterocycles. The molecule has 0 saturated heterocycles. The first-order valence-corrected chi connectivity index (χ1v) is 6.68. The molecule has 0 fully saturated rings. The molecule has 0 spiro atoms. The zero-order chi connectivity index (χ0) is 13.0. The summed E-state index contributed by atoms with van der Waals surface area (Å²) in [4.78, 5) is 17.8. The van der Waals surface area contributed by atoms with E-state index in [1.807, 2.05) is 31.2 Å². The topological polar surface area (TPSA) is 42.4 Å². The van der Waals surface area contributed by atoms with Crippen LogP contribution in [-0.4, -0.2) is 36.1 Å². The molecule has 0 N–H and O–H groups in total. The molecular formula is C13H16N2O2S. The Morgan fingerprint density at radius 3 is 2.94 bits per heavy atom. The first-order valence-electron chi connectivity index (χ1n) is 5.87. The van der Waals surface area contributed by atoms with Crippen molar-refractivity contribution in [2.24, 2.45) is 0 Å². The maximum absolute atomic E-state index is 11.7. The van der Waals surface area contributed by atoms with E-state index in [0.29, 0.717) is 13.2 Å². The SMILES string of the molecule is CCOCC(=O)N(C)Cc1nc2ccccc2s1. The Bertz CT molecular complexity index is 506. The van der Waals surface area contributed by atoms with Crippen LogP contribution in [-0.2, 0) is 16.1 Å². The Morgan fingerprint density at radius 2 is 2.22 bits per heavy atom. The van der Waals surface area contributed by atoms with Gasteiger partial charge in [-0.2, -0.15) is 0 Å². The summed E-state index contributed by atoms with van der Waals surface area (Å²) in [5.74, 6) is -0.0175. The molecule has 0 saturated carbocycles. The third-order valence-corrected chi connectivity index (χ3v) is 3.59. The van der Waals surface area contributed by atoms with E-state index in [-0.39, 0.29) is 12.5 Å². The van der Waals surface area contributed by atoms with Crippen molar-refractivity contribution in [3.63, 3.8) is 0 Å². The highest BCUT2D eigenvalue weighted by Gasteiger charge is 2.11. The minimum absolute atomic E-state index is 0.0175. The molecular weight excluding hydrogens is 248 g/mol. The Hall–Kier alpha value is -1.46. The highest BCUT2D eigenvalue weighted by molar-refractivity contribution is 7.18. The number of aromatic nitrogens is 1. The fourth-order valence-electron chi connectivity index (χ4n) is 1.58. The average Bonchev–Trinajstić information content (AvgIpc) is 2.77. The van der Waals surface area contributed by atoms with Crippen LogP contribution in [0.4, 0.5) is 0 Å². The lowest BCUT2D eigenvalue weighted by Crippen LogP contribution is -2.29. The number of benzene rings is 1. The van der Waals surface area contributed by atoms with Gasteiger partial charge in [-0.25, -0.2) is 4.98 Å². The summed E-state index contributed by atoms with van der Waals surface area (Å²) < 4.78 is 6.26. The van der Waals surface area contributed by atoms with Gasteiger partial charge in [0, 0.05) is 13.7 Å². The van der Waals surface area contributed by atoms with Gasteiger partial charge in [0.15, 0.2) is 0 Å². The number of likely N-dealkylation sites (N-methyl/N-ethyl adjacent to an activating group) is 1. The number of amides is 1. The minimum atomic E-state index is -0.0175. The molecule has 0 bridgehead atoms. The van der Waals surface area contributed by atoms with Gasteiger partial charge in [0.1, 0.15) is 11.6 Å². The average molecular weight is 264 g/mol. The van der Waals surface area contributed by atoms with Crippen LogP contribution in [0, 0.1) is 0 Å². The standard InChI is InChI=1S/C13H16N2O2S/c1-3-17-9-13(16)15(2)8-12-14-10-6-4-5-7-11(10)18-12/h4-7H,3,8-9H2,1-2H3. The van der Waals surface area contributed by atoms with E-state index in [9.17, 15) is 4.79 Å². The first kappa shape index (κ1) is 13.0. The van der Waals surface area contributed by atoms with Gasteiger partial charge in [0.05, 0.1) is 16.8 Å². The number of hydrogen-bond acceptors (Lipinski definition) is 4. The number of carbonyl (C=O) groups is 1. The quantitative estimate of drug-likeness (QED) is 0.832. The Kier molecular flexibility index (Phi) is 4.28. The lowest BCUT2D eigenvalue weighted by atomic mass is 10.3. The Morgan fingerprint density at radius 1 is 1.44 bits per heavy atom. The highest BCUT2D eigenvalue weighted by Crippen LogP contribution is 2.22. The maximum atomic E-state index is 11.7. The largest absolute Gasteiger partial charge is 0.372 e. The van der Waals surface area contributed by atoms with Crippen LogP contribution < -0.4 is 0 Å². The van der Waals surface area contributed by atoms with E-state index in [4.69, 9.17) is 4.74 Å². The highest BCUT2D eigenvalue weighted by atomic mass is 32.1. The predicted octanol–water partition coefficient (Wildman–Crippen LogP) is 2.29. The zero-order valence-electron chi connectivity index (χ0n) is 10.5. The van der Waals surface area contributed by atoms with E-state index < -0.39 is 0 Å². The van der Waals surface area contributed by atoms with E-state index >= 15 is 0 Å². The first-order chi connectivity index (χ1) is 8.70. The summed E-state index contributed by atoms with van der Waals surface area (Å²) in [7, 11) is 1.77. The third-order valence-electron chi connectivity index (χ3n) is 2.57. The summed E-state index contributed by atoms with van der Waals surface area (Å²) in [6, 6.07) is 7.99. The van der Waals surface area contributed by atoms with Gasteiger partial charge in [-0.1, -0.05) is 12.1 Å². The van der Waals surface area contributed by atoms with Crippen LogP contribution in [0.15, 0.2) is 24.3 Å². The molecule has 0 atom stereocenters. The van der Waals surface area contributed by atoms with Gasteiger partial charge in [-0.15, -0.1) is 11.3 Å². The van der Waals surface area contributed by atoms with E-state index in [2.05, 4.69) is 4.98 Å². The fraction of sp³-hybridized carbons (Fsp3) is 0.385. The van der Waals surface area contributed by atoms with Crippen molar-refractivity contribution in [3.05, 3.63) is 29.3 Å². The van der Waals surface area contributed by atoms with Crippen LogP contribution in [0.1, 0.15) is 11.9 Å². The van der Waals surface area contributed by atoms with Crippen molar-refractivity contribution < 1.29 is 9.53 Å². The molecule has 1 aromatic carbocycles. The second-order valence-electron chi connectivity index (χ2n) is 3.96. The number of carbonyl (C=O) groups excluding carboxylic acids is 1. The Labute approximate surface area is 110 Å². The molecule has 2 aromatic rings.